The fourth-order valence-corrected chi connectivity index (χ4v) is 1.02. The minimum atomic E-state index is -1.31. The first-order valence-corrected chi connectivity index (χ1v) is 3.50. The molecular formula is C7H7N3O4. The molecule has 0 saturated carbocycles. The Morgan fingerprint density at radius 3 is 2.07 bits per heavy atom. The van der Waals surface area contributed by atoms with E-state index in [1.54, 1.807) is 0 Å². The van der Waals surface area contributed by atoms with Gasteiger partial charge in [-0.15, -0.1) is 0 Å². The summed E-state index contributed by atoms with van der Waals surface area (Å²) < 4.78 is 0. The highest BCUT2D eigenvalue weighted by Gasteiger charge is 2.17. The van der Waals surface area contributed by atoms with E-state index in [9.17, 15) is 14.9 Å². The van der Waals surface area contributed by atoms with E-state index < -0.39 is 10.9 Å². The van der Waals surface area contributed by atoms with E-state index in [1.165, 1.54) is 0 Å². The van der Waals surface area contributed by atoms with Crippen LogP contribution in [0.1, 0.15) is 10.4 Å². The molecule has 0 spiro atoms. The van der Waals surface area contributed by atoms with Crippen molar-refractivity contribution in [3.8, 4) is 0 Å². The number of aromatic carboxylic acids is 1. The summed E-state index contributed by atoms with van der Waals surface area (Å²) in [7, 11) is 0. The SMILES string of the molecule is Nc1cc([N+](=O)[O-])cc(N)c1C(=O)O. The first-order valence-electron chi connectivity index (χ1n) is 3.50. The quantitative estimate of drug-likeness (QED) is 0.358. The number of hydrogen-bond acceptors (Lipinski definition) is 5. The summed E-state index contributed by atoms with van der Waals surface area (Å²) >= 11 is 0. The molecule has 14 heavy (non-hydrogen) atoms. The molecule has 0 bridgehead atoms. The number of nitro groups is 1. The molecule has 1 rings (SSSR count). The van der Waals surface area contributed by atoms with Crippen LogP contribution in [-0.2, 0) is 0 Å². The molecule has 0 aromatic heterocycles. The fraction of sp³-hybridized carbons (Fsp3) is 0. The van der Waals surface area contributed by atoms with Crippen LogP contribution < -0.4 is 11.5 Å². The molecule has 5 N–H and O–H groups in total. The van der Waals surface area contributed by atoms with Crippen molar-refractivity contribution in [2.24, 2.45) is 0 Å². The summed E-state index contributed by atoms with van der Waals surface area (Å²) in [5.74, 6) is -1.31. The fourth-order valence-electron chi connectivity index (χ4n) is 1.02. The number of carboxylic acids is 1. The highest BCUT2D eigenvalue weighted by Crippen LogP contribution is 2.26. The van der Waals surface area contributed by atoms with Gasteiger partial charge in [0.2, 0.25) is 0 Å². The molecule has 7 nitrogen and oxygen atoms in total. The maximum atomic E-state index is 10.6. The molecule has 0 aliphatic carbocycles. The van der Waals surface area contributed by atoms with Gasteiger partial charge in [-0.25, -0.2) is 4.79 Å². The Hall–Kier alpha value is -2.31. The lowest BCUT2D eigenvalue weighted by Gasteiger charge is -2.03. The van der Waals surface area contributed by atoms with E-state index in [2.05, 4.69) is 0 Å². The number of nitrogens with two attached hydrogens (primary N) is 2. The lowest BCUT2D eigenvalue weighted by atomic mass is 10.1. The molecule has 0 saturated heterocycles. The van der Waals surface area contributed by atoms with Crippen LogP contribution in [0, 0.1) is 10.1 Å². The minimum absolute atomic E-state index is 0.218. The molecule has 0 unspecified atom stereocenters. The molecule has 74 valence electrons. The van der Waals surface area contributed by atoms with Crippen molar-refractivity contribution in [1.82, 2.24) is 0 Å². The number of nitrogens with zero attached hydrogens (tertiary/aromatic N) is 1. The maximum absolute atomic E-state index is 10.6. The highest BCUT2D eigenvalue weighted by molar-refractivity contribution is 6.00. The number of anilines is 2. The Kier molecular flexibility index (Phi) is 2.24. The first kappa shape index (κ1) is 9.78. The molecule has 7 heteroatoms. The van der Waals surface area contributed by atoms with E-state index >= 15 is 0 Å². The molecule has 0 fully saturated rings. The predicted octanol–water partition coefficient (Wildman–Crippen LogP) is 0.457. The predicted molar refractivity (Wildman–Crippen MR) is 48.9 cm³/mol. The molecule has 0 aliphatic heterocycles. The summed E-state index contributed by atoms with van der Waals surface area (Å²) in [6, 6.07) is 1.92. The number of carboxylic acid groups (broad SMARTS) is 1. The van der Waals surface area contributed by atoms with Gasteiger partial charge in [0.15, 0.2) is 0 Å². The standard InChI is InChI=1S/C7H7N3O4/c8-4-1-3(10(13)14)2-5(9)6(4)7(11)12/h1-2H,8-9H2,(H,11,12). The lowest BCUT2D eigenvalue weighted by Crippen LogP contribution is -2.07. The number of benzene rings is 1. The maximum Gasteiger partial charge on any atom is 0.339 e. The van der Waals surface area contributed by atoms with Crippen LogP contribution >= 0.6 is 0 Å². The average molecular weight is 197 g/mol. The summed E-state index contributed by atoms with van der Waals surface area (Å²) in [5.41, 5.74) is 9.52. The topological polar surface area (TPSA) is 132 Å². The zero-order valence-corrected chi connectivity index (χ0v) is 6.93. The van der Waals surface area contributed by atoms with E-state index in [4.69, 9.17) is 16.6 Å². The van der Waals surface area contributed by atoms with Crippen molar-refractivity contribution in [3.05, 3.63) is 27.8 Å². The van der Waals surface area contributed by atoms with Gasteiger partial charge in [-0.05, 0) is 0 Å². The van der Waals surface area contributed by atoms with Crippen molar-refractivity contribution in [1.29, 1.82) is 0 Å². The number of hydrogen-bond donors (Lipinski definition) is 3. The lowest BCUT2D eigenvalue weighted by molar-refractivity contribution is -0.384. The largest absolute Gasteiger partial charge is 0.478 e. The van der Waals surface area contributed by atoms with Crippen molar-refractivity contribution in [2.75, 3.05) is 11.5 Å². The van der Waals surface area contributed by atoms with Crippen molar-refractivity contribution in [3.63, 3.8) is 0 Å². The monoisotopic (exact) mass is 197 g/mol. The van der Waals surface area contributed by atoms with Gasteiger partial charge in [0.1, 0.15) is 5.56 Å². The average Bonchev–Trinajstić information content (AvgIpc) is 2.01. The number of nitro benzene ring substituents is 1. The van der Waals surface area contributed by atoms with Gasteiger partial charge in [0, 0.05) is 12.1 Å². The van der Waals surface area contributed by atoms with Gasteiger partial charge in [-0.3, -0.25) is 10.1 Å². The Morgan fingerprint density at radius 2 is 1.79 bits per heavy atom. The van der Waals surface area contributed by atoms with Gasteiger partial charge in [-0.1, -0.05) is 0 Å². The number of non-ortho nitro benzene ring substituents is 1. The molecule has 1 aromatic rings. The van der Waals surface area contributed by atoms with Gasteiger partial charge < -0.3 is 16.6 Å². The Morgan fingerprint density at radius 1 is 1.36 bits per heavy atom. The number of carbonyl (C=O) groups is 1. The molecular weight excluding hydrogens is 190 g/mol. The normalized spacial score (nSPS) is 9.71. The van der Waals surface area contributed by atoms with Crippen LogP contribution in [0.25, 0.3) is 0 Å². The minimum Gasteiger partial charge on any atom is -0.478 e. The van der Waals surface area contributed by atoms with Crippen LogP contribution in [0.5, 0.6) is 0 Å². The third-order valence-corrected chi connectivity index (χ3v) is 1.61. The van der Waals surface area contributed by atoms with Gasteiger partial charge in [-0.2, -0.15) is 0 Å². The van der Waals surface area contributed by atoms with E-state index in [0.717, 1.165) is 12.1 Å². The van der Waals surface area contributed by atoms with Crippen LogP contribution in [0.15, 0.2) is 12.1 Å². The van der Waals surface area contributed by atoms with Gasteiger partial charge in [0.05, 0.1) is 16.3 Å². The van der Waals surface area contributed by atoms with E-state index in [-0.39, 0.29) is 22.6 Å². The summed E-state index contributed by atoms with van der Waals surface area (Å²) in [5, 5.41) is 19.0. The summed E-state index contributed by atoms with van der Waals surface area (Å²) in [6.45, 7) is 0. The third kappa shape index (κ3) is 1.56. The van der Waals surface area contributed by atoms with Crippen LogP contribution in [-0.4, -0.2) is 16.0 Å². The second-order valence-corrected chi connectivity index (χ2v) is 2.56. The van der Waals surface area contributed by atoms with E-state index in [0.29, 0.717) is 0 Å². The van der Waals surface area contributed by atoms with Crippen molar-refractivity contribution >= 4 is 23.0 Å². The van der Waals surface area contributed by atoms with Gasteiger partial charge >= 0.3 is 5.97 Å². The molecule has 0 radical (unpaired) electrons. The highest BCUT2D eigenvalue weighted by atomic mass is 16.6. The molecule has 0 heterocycles. The summed E-state index contributed by atoms with van der Waals surface area (Å²) in [6.07, 6.45) is 0. The van der Waals surface area contributed by atoms with Crippen LogP contribution in [0.4, 0.5) is 17.1 Å². The van der Waals surface area contributed by atoms with Crippen molar-refractivity contribution in [2.45, 2.75) is 0 Å². The Bertz CT molecular complexity index is 392. The zero-order valence-electron chi connectivity index (χ0n) is 6.93. The first-order chi connectivity index (χ1) is 6.43. The molecule has 0 aliphatic rings. The second-order valence-electron chi connectivity index (χ2n) is 2.56. The molecule has 0 atom stereocenters. The smallest absolute Gasteiger partial charge is 0.339 e. The Balaban J connectivity index is 3.39. The Labute approximate surface area is 78.1 Å². The third-order valence-electron chi connectivity index (χ3n) is 1.61. The number of rotatable bonds is 2. The van der Waals surface area contributed by atoms with Crippen LogP contribution in [0.3, 0.4) is 0 Å². The second kappa shape index (κ2) is 3.21. The number of nitrogen functional groups attached to an aromatic ring is 2. The van der Waals surface area contributed by atoms with Gasteiger partial charge in [0.25, 0.3) is 5.69 Å². The van der Waals surface area contributed by atoms with E-state index in [1.807, 2.05) is 0 Å². The van der Waals surface area contributed by atoms with Crippen molar-refractivity contribution < 1.29 is 14.8 Å². The molecule has 0 amide bonds. The zero-order chi connectivity index (χ0) is 10.9. The summed E-state index contributed by atoms with van der Waals surface area (Å²) in [4.78, 5) is 20.2. The van der Waals surface area contributed by atoms with Crippen LogP contribution in [0.2, 0.25) is 0 Å². The molecule has 1 aromatic carbocycles.